The van der Waals surface area contributed by atoms with Crippen molar-refractivity contribution >= 4 is 12.1 Å². The Kier molecular flexibility index (Phi) is 4.28. The van der Waals surface area contributed by atoms with E-state index in [1.807, 2.05) is 40.7 Å². The smallest absolute Gasteiger partial charge is 0.410 e. The Bertz CT molecular complexity index is 404. The Morgan fingerprint density at radius 2 is 1.89 bits per heavy atom. The molecular formula is C14H23NO4. The first kappa shape index (κ1) is 15.5. The second-order valence-electron chi connectivity index (χ2n) is 6.49. The molecule has 1 rings (SSSR count). The van der Waals surface area contributed by atoms with E-state index >= 15 is 0 Å². The van der Waals surface area contributed by atoms with Crippen LogP contribution in [-0.2, 0) is 14.3 Å². The fourth-order valence-electron chi connectivity index (χ4n) is 2.03. The first-order valence-electron chi connectivity index (χ1n) is 6.32. The summed E-state index contributed by atoms with van der Waals surface area (Å²) in [5, 5.41) is 0. The molecule has 0 fully saturated rings. The van der Waals surface area contributed by atoms with E-state index in [0.29, 0.717) is 12.1 Å². The van der Waals surface area contributed by atoms with E-state index in [0.717, 1.165) is 0 Å². The number of rotatable bonds is 1. The van der Waals surface area contributed by atoms with Crippen molar-refractivity contribution in [1.82, 2.24) is 4.90 Å². The number of ether oxygens (including phenoxy) is 2. The molecule has 1 heterocycles. The Balaban J connectivity index is 2.87. The monoisotopic (exact) mass is 269 g/mol. The van der Waals surface area contributed by atoms with Gasteiger partial charge in [0.1, 0.15) is 5.60 Å². The third-order valence-electron chi connectivity index (χ3n) is 2.62. The minimum absolute atomic E-state index is 0.227. The summed E-state index contributed by atoms with van der Waals surface area (Å²) >= 11 is 0. The number of methoxy groups -OCH3 is 1. The van der Waals surface area contributed by atoms with Crippen LogP contribution in [0.3, 0.4) is 0 Å². The average Bonchev–Trinajstić information content (AvgIpc) is 2.23. The van der Waals surface area contributed by atoms with Crippen LogP contribution >= 0.6 is 0 Å². The molecule has 0 aromatic heterocycles. The van der Waals surface area contributed by atoms with Gasteiger partial charge in [-0.2, -0.15) is 0 Å². The number of carbonyl (C=O) groups excluding carboxylic acids is 2. The molecule has 0 spiro atoms. The molecule has 0 N–H and O–H groups in total. The molecule has 0 radical (unpaired) electrons. The third kappa shape index (κ3) is 4.58. The predicted octanol–water partition coefficient (Wildman–Crippen LogP) is 2.36. The highest BCUT2D eigenvalue weighted by Crippen LogP contribution is 2.28. The van der Waals surface area contributed by atoms with E-state index in [9.17, 15) is 9.59 Å². The SMILES string of the molecule is COC(=O)C1=CC(C)(C)CN(C(=O)OC(C)(C)C)C1. The maximum atomic E-state index is 12.1. The van der Waals surface area contributed by atoms with Gasteiger partial charge in [0.15, 0.2) is 0 Å². The van der Waals surface area contributed by atoms with Crippen molar-refractivity contribution in [2.24, 2.45) is 5.41 Å². The molecule has 1 aliphatic rings. The van der Waals surface area contributed by atoms with Crippen molar-refractivity contribution in [2.75, 3.05) is 20.2 Å². The van der Waals surface area contributed by atoms with Crippen molar-refractivity contribution in [3.8, 4) is 0 Å². The van der Waals surface area contributed by atoms with Gasteiger partial charge in [-0.25, -0.2) is 9.59 Å². The quantitative estimate of drug-likeness (QED) is 0.686. The fourth-order valence-corrected chi connectivity index (χ4v) is 2.03. The summed E-state index contributed by atoms with van der Waals surface area (Å²) in [6.07, 6.45) is 1.45. The molecular weight excluding hydrogens is 246 g/mol. The summed E-state index contributed by atoms with van der Waals surface area (Å²) in [7, 11) is 1.34. The minimum atomic E-state index is -0.548. The topological polar surface area (TPSA) is 55.8 Å². The Labute approximate surface area is 114 Å². The first-order chi connectivity index (χ1) is 8.54. The molecule has 0 aromatic carbocycles. The van der Waals surface area contributed by atoms with Gasteiger partial charge in [-0.3, -0.25) is 0 Å². The van der Waals surface area contributed by atoms with Crippen molar-refractivity contribution in [2.45, 2.75) is 40.2 Å². The highest BCUT2D eigenvalue weighted by molar-refractivity contribution is 5.90. The van der Waals surface area contributed by atoms with Crippen molar-refractivity contribution in [3.63, 3.8) is 0 Å². The third-order valence-corrected chi connectivity index (χ3v) is 2.62. The normalized spacial score (nSPS) is 18.6. The second-order valence-corrected chi connectivity index (χ2v) is 6.49. The van der Waals surface area contributed by atoms with Crippen LogP contribution in [0.5, 0.6) is 0 Å². The maximum absolute atomic E-state index is 12.1. The van der Waals surface area contributed by atoms with Crippen LogP contribution in [0.2, 0.25) is 0 Å². The number of nitrogens with zero attached hydrogens (tertiary/aromatic N) is 1. The maximum Gasteiger partial charge on any atom is 0.410 e. The van der Waals surface area contributed by atoms with Crippen LogP contribution in [0, 0.1) is 5.41 Å². The van der Waals surface area contributed by atoms with Crippen LogP contribution in [0.1, 0.15) is 34.6 Å². The molecule has 0 bridgehead atoms. The van der Waals surface area contributed by atoms with Crippen molar-refractivity contribution in [3.05, 3.63) is 11.6 Å². The standard InChI is InChI=1S/C14H23NO4/c1-13(2,3)19-12(17)15-8-10(11(16)18-6)7-14(4,5)9-15/h7H,8-9H2,1-6H3. The number of hydrogen-bond donors (Lipinski definition) is 0. The molecule has 108 valence electrons. The van der Waals surface area contributed by atoms with E-state index in [4.69, 9.17) is 9.47 Å². The molecule has 5 heteroatoms. The summed E-state index contributed by atoms with van der Waals surface area (Å²) in [4.78, 5) is 25.3. The molecule has 0 saturated carbocycles. The van der Waals surface area contributed by atoms with Crippen LogP contribution in [0.4, 0.5) is 4.79 Å². The van der Waals surface area contributed by atoms with Crippen molar-refractivity contribution in [1.29, 1.82) is 0 Å². The van der Waals surface area contributed by atoms with Gasteiger partial charge in [0.2, 0.25) is 0 Å². The molecule has 19 heavy (non-hydrogen) atoms. The zero-order valence-electron chi connectivity index (χ0n) is 12.6. The predicted molar refractivity (Wildman–Crippen MR) is 71.7 cm³/mol. The molecule has 0 aromatic rings. The van der Waals surface area contributed by atoms with E-state index < -0.39 is 17.7 Å². The highest BCUT2D eigenvalue weighted by atomic mass is 16.6. The number of hydrogen-bond acceptors (Lipinski definition) is 4. The summed E-state index contributed by atoms with van der Waals surface area (Å²) in [6.45, 7) is 10.1. The molecule has 0 atom stereocenters. The van der Waals surface area contributed by atoms with Gasteiger partial charge >= 0.3 is 12.1 Å². The summed E-state index contributed by atoms with van der Waals surface area (Å²) < 4.78 is 10.1. The van der Waals surface area contributed by atoms with Crippen LogP contribution in [0.25, 0.3) is 0 Å². The van der Waals surface area contributed by atoms with E-state index in [2.05, 4.69) is 0 Å². The molecule has 0 unspecified atom stereocenters. The lowest BCUT2D eigenvalue weighted by atomic mass is 9.87. The van der Waals surface area contributed by atoms with Crippen LogP contribution in [0.15, 0.2) is 11.6 Å². The largest absolute Gasteiger partial charge is 0.466 e. The van der Waals surface area contributed by atoms with Gasteiger partial charge in [-0.05, 0) is 20.8 Å². The summed E-state index contributed by atoms with van der Waals surface area (Å²) in [5.74, 6) is -0.402. The Morgan fingerprint density at radius 1 is 1.32 bits per heavy atom. The van der Waals surface area contributed by atoms with E-state index in [-0.39, 0.29) is 12.0 Å². The zero-order valence-corrected chi connectivity index (χ0v) is 12.6. The summed E-state index contributed by atoms with van der Waals surface area (Å²) in [6, 6.07) is 0. The second kappa shape index (κ2) is 5.23. The van der Waals surface area contributed by atoms with Crippen molar-refractivity contribution < 1.29 is 19.1 Å². The molecule has 0 saturated heterocycles. The van der Waals surface area contributed by atoms with Gasteiger partial charge in [0.25, 0.3) is 0 Å². The van der Waals surface area contributed by atoms with Gasteiger partial charge in [-0.1, -0.05) is 19.9 Å². The first-order valence-corrected chi connectivity index (χ1v) is 6.32. The van der Waals surface area contributed by atoms with Crippen LogP contribution < -0.4 is 0 Å². The number of carbonyl (C=O) groups is 2. The Morgan fingerprint density at radius 3 is 2.37 bits per heavy atom. The highest BCUT2D eigenvalue weighted by Gasteiger charge is 2.33. The molecule has 0 aliphatic carbocycles. The molecule has 5 nitrogen and oxygen atoms in total. The van der Waals surface area contributed by atoms with E-state index in [1.165, 1.54) is 12.0 Å². The van der Waals surface area contributed by atoms with Gasteiger partial charge < -0.3 is 14.4 Å². The lowest BCUT2D eigenvalue weighted by Gasteiger charge is -2.36. The van der Waals surface area contributed by atoms with E-state index in [1.54, 1.807) is 0 Å². The lowest BCUT2D eigenvalue weighted by Crippen LogP contribution is -2.46. The number of amides is 1. The van der Waals surface area contributed by atoms with Gasteiger partial charge in [0, 0.05) is 12.0 Å². The van der Waals surface area contributed by atoms with Crippen LogP contribution in [-0.4, -0.2) is 42.8 Å². The average molecular weight is 269 g/mol. The lowest BCUT2D eigenvalue weighted by molar-refractivity contribution is -0.136. The van der Waals surface area contributed by atoms with Gasteiger partial charge in [-0.15, -0.1) is 0 Å². The zero-order chi connectivity index (χ0) is 14.8. The Hall–Kier alpha value is -1.52. The summed E-state index contributed by atoms with van der Waals surface area (Å²) in [5.41, 5.74) is -0.337. The minimum Gasteiger partial charge on any atom is -0.466 e. The number of esters is 1. The molecule has 1 aliphatic heterocycles. The fraction of sp³-hybridized carbons (Fsp3) is 0.714. The molecule has 1 amide bonds. The van der Waals surface area contributed by atoms with Gasteiger partial charge in [0.05, 0.1) is 19.2 Å².